The van der Waals surface area contributed by atoms with E-state index in [-0.39, 0.29) is 44.6 Å². The molecular weight excluding hydrogens is 754 g/mol. The Kier molecular flexibility index (Phi) is 21.3. The number of carbonyl (C=O) groups excluding carboxylic acids is 7. The molecule has 0 bridgehead atoms. The standard InChI is InChI=1S/C34H53N11O12/c1-17(33(56)57)41-30(53)23(11-13-26(49)50)43-31(54)21(9-6-14-39-34(37)38)44-32(55)27(18(2)46)45-25(48)16-40-29(52)22(10-12-24(36)47)42-28(51)20(35)15-19-7-4-3-5-8-19/h3-5,7-8,17-18,20-23,27,46H,6,9-16,35H2,1-2H3,(H2,36,47)(H,40,52)(H,41,53)(H,42,51)(H,43,54)(H,44,55)(H,45,48)(H,49,50)(H,56,57)(H4,37,38,39)/t17-,18+,20-,21-,22-,23-,27-/m0/s1. The number of carbonyl (C=O) groups is 9. The van der Waals surface area contributed by atoms with E-state index < -0.39 is 115 Å². The second-order valence-corrected chi connectivity index (χ2v) is 12.9. The molecule has 0 aliphatic rings. The van der Waals surface area contributed by atoms with E-state index in [9.17, 15) is 48.3 Å². The molecule has 0 aliphatic carbocycles. The van der Waals surface area contributed by atoms with Gasteiger partial charge in [0.05, 0.1) is 18.7 Å². The number of hydrogen-bond donors (Lipinski definition) is 13. The summed E-state index contributed by atoms with van der Waals surface area (Å²) >= 11 is 0. The van der Waals surface area contributed by atoms with Gasteiger partial charge in [0.2, 0.25) is 41.4 Å². The Morgan fingerprint density at radius 1 is 0.702 bits per heavy atom. The van der Waals surface area contributed by atoms with Crippen molar-refractivity contribution in [2.24, 2.45) is 27.9 Å². The molecule has 0 saturated heterocycles. The van der Waals surface area contributed by atoms with Gasteiger partial charge < -0.3 is 70.2 Å². The second-order valence-electron chi connectivity index (χ2n) is 12.9. The number of nitrogens with zero attached hydrogens (tertiary/aromatic N) is 1. The summed E-state index contributed by atoms with van der Waals surface area (Å²) in [6.45, 7) is 1.48. The average molecular weight is 808 g/mol. The SMILES string of the molecule is C[C@H](NC(=O)[C@H](CCC(=O)O)NC(=O)[C@H](CCCN=C(N)N)NC(=O)[C@@H](NC(=O)CNC(=O)[C@H](CCC(N)=O)NC(=O)[C@@H](N)Cc1ccccc1)[C@@H](C)O)C(=O)O. The van der Waals surface area contributed by atoms with E-state index in [0.717, 1.165) is 19.4 Å². The highest BCUT2D eigenvalue weighted by Crippen LogP contribution is 2.07. The van der Waals surface area contributed by atoms with Crippen molar-refractivity contribution in [1.29, 1.82) is 0 Å². The predicted octanol–water partition coefficient (Wildman–Crippen LogP) is -5.23. The summed E-state index contributed by atoms with van der Waals surface area (Å²) in [6, 6.07) is 0.190. The third-order valence-corrected chi connectivity index (χ3v) is 8.04. The Hall–Kier alpha value is -6.36. The van der Waals surface area contributed by atoms with Crippen molar-refractivity contribution in [3.8, 4) is 0 Å². The monoisotopic (exact) mass is 807 g/mol. The average Bonchev–Trinajstić information content (AvgIpc) is 3.13. The Morgan fingerprint density at radius 2 is 1.25 bits per heavy atom. The molecule has 7 amide bonds. The van der Waals surface area contributed by atoms with Gasteiger partial charge in [-0.15, -0.1) is 0 Å². The van der Waals surface area contributed by atoms with Crippen LogP contribution in [0.15, 0.2) is 35.3 Å². The van der Waals surface area contributed by atoms with Crippen molar-refractivity contribution >= 4 is 59.2 Å². The molecule has 1 aromatic carbocycles. The molecule has 0 aliphatic heterocycles. The Morgan fingerprint density at radius 3 is 1.81 bits per heavy atom. The lowest BCUT2D eigenvalue weighted by atomic mass is 10.0. The number of nitrogens with two attached hydrogens (primary N) is 4. The molecule has 1 rings (SSSR count). The quantitative estimate of drug-likeness (QED) is 0.0236. The molecule has 0 saturated carbocycles. The van der Waals surface area contributed by atoms with Crippen LogP contribution >= 0.6 is 0 Å². The van der Waals surface area contributed by atoms with Crippen molar-refractivity contribution in [1.82, 2.24) is 31.9 Å². The Bertz CT molecular complexity index is 1610. The van der Waals surface area contributed by atoms with Gasteiger partial charge in [0.25, 0.3) is 0 Å². The van der Waals surface area contributed by atoms with Crippen LogP contribution in [0, 0.1) is 0 Å². The van der Waals surface area contributed by atoms with E-state index in [1.807, 2.05) is 0 Å². The number of amides is 7. The third kappa shape index (κ3) is 19.7. The Labute approximate surface area is 327 Å². The number of aliphatic imine (C=N–C) groups is 1. The first-order chi connectivity index (χ1) is 26.7. The number of primary amides is 1. The molecule has 23 nitrogen and oxygen atoms in total. The van der Waals surface area contributed by atoms with E-state index in [1.165, 1.54) is 0 Å². The molecule has 0 unspecified atom stereocenters. The lowest BCUT2D eigenvalue weighted by Crippen LogP contribution is -2.60. The molecule has 57 heavy (non-hydrogen) atoms. The second kappa shape index (κ2) is 24.9. The number of carboxylic acids is 2. The highest BCUT2D eigenvalue weighted by molar-refractivity contribution is 5.96. The summed E-state index contributed by atoms with van der Waals surface area (Å²) in [7, 11) is 0. The van der Waals surface area contributed by atoms with Gasteiger partial charge in [0.1, 0.15) is 30.2 Å². The van der Waals surface area contributed by atoms with Gasteiger partial charge >= 0.3 is 11.9 Å². The lowest BCUT2D eigenvalue weighted by Gasteiger charge is -2.26. The first kappa shape index (κ1) is 48.7. The number of carboxylic acid groups (broad SMARTS) is 2. The van der Waals surface area contributed by atoms with E-state index in [4.69, 9.17) is 33.1 Å². The molecule has 0 spiro atoms. The smallest absolute Gasteiger partial charge is 0.325 e. The number of aliphatic hydroxyl groups is 1. The van der Waals surface area contributed by atoms with Crippen LogP contribution in [0.2, 0.25) is 0 Å². The largest absolute Gasteiger partial charge is 0.481 e. The van der Waals surface area contributed by atoms with Crippen LogP contribution in [-0.2, 0) is 49.6 Å². The highest BCUT2D eigenvalue weighted by atomic mass is 16.4. The number of aliphatic carboxylic acids is 2. The van der Waals surface area contributed by atoms with E-state index in [1.54, 1.807) is 30.3 Å². The number of guanidine groups is 1. The van der Waals surface area contributed by atoms with Crippen LogP contribution in [-0.4, -0.2) is 130 Å². The molecule has 0 fully saturated rings. The summed E-state index contributed by atoms with van der Waals surface area (Å²) < 4.78 is 0. The van der Waals surface area contributed by atoms with Crippen LogP contribution in [0.4, 0.5) is 0 Å². The van der Waals surface area contributed by atoms with Gasteiger partial charge in [-0.25, -0.2) is 0 Å². The van der Waals surface area contributed by atoms with Gasteiger partial charge in [0.15, 0.2) is 5.96 Å². The Balaban J connectivity index is 3.10. The van der Waals surface area contributed by atoms with Crippen molar-refractivity contribution in [2.75, 3.05) is 13.1 Å². The maximum absolute atomic E-state index is 13.4. The zero-order chi connectivity index (χ0) is 43.2. The zero-order valence-electron chi connectivity index (χ0n) is 31.6. The van der Waals surface area contributed by atoms with Crippen LogP contribution in [0.5, 0.6) is 0 Å². The fraction of sp³-hybridized carbons (Fsp3) is 0.529. The van der Waals surface area contributed by atoms with Crippen LogP contribution in [0.25, 0.3) is 0 Å². The molecule has 0 aromatic heterocycles. The normalized spacial score (nSPS) is 14.4. The summed E-state index contributed by atoms with van der Waals surface area (Å²) in [5, 5.41) is 42.4. The molecule has 7 atom stereocenters. The van der Waals surface area contributed by atoms with Gasteiger partial charge in [-0.2, -0.15) is 0 Å². The summed E-state index contributed by atoms with van der Waals surface area (Å²) in [4.78, 5) is 116. The van der Waals surface area contributed by atoms with E-state index in [0.29, 0.717) is 0 Å². The van der Waals surface area contributed by atoms with Crippen LogP contribution in [0.1, 0.15) is 57.9 Å². The van der Waals surface area contributed by atoms with Crippen molar-refractivity contribution in [3.05, 3.63) is 35.9 Å². The van der Waals surface area contributed by atoms with Gasteiger partial charge in [0, 0.05) is 19.4 Å². The molecule has 0 heterocycles. The number of nitrogens with one attached hydrogen (secondary N) is 6. The molecule has 316 valence electrons. The van der Waals surface area contributed by atoms with E-state index >= 15 is 0 Å². The molecule has 0 radical (unpaired) electrons. The molecule has 17 N–H and O–H groups in total. The number of rotatable bonds is 26. The third-order valence-electron chi connectivity index (χ3n) is 8.04. The number of hydrogen-bond acceptors (Lipinski definition) is 12. The van der Waals surface area contributed by atoms with Crippen LogP contribution in [0.3, 0.4) is 0 Å². The van der Waals surface area contributed by atoms with E-state index in [2.05, 4.69) is 36.9 Å². The fourth-order valence-corrected chi connectivity index (χ4v) is 4.93. The van der Waals surface area contributed by atoms with Crippen molar-refractivity contribution in [2.45, 2.75) is 101 Å². The van der Waals surface area contributed by atoms with Crippen molar-refractivity contribution < 1.29 is 58.5 Å². The first-order valence-electron chi connectivity index (χ1n) is 17.8. The number of benzene rings is 1. The maximum atomic E-state index is 13.4. The topological polar surface area (TPSA) is 403 Å². The molecular formula is C34H53N11O12. The maximum Gasteiger partial charge on any atom is 0.325 e. The fourth-order valence-electron chi connectivity index (χ4n) is 4.93. The summed E-state index contributed by atoms with van der Waals surface area (Å²) in [6.07, 6.45) is -3.18. The minimum absolute atomic E-state index is 0.0167. The highest BCUT2D eigenvalue weighted by Gasteiger charge is 2.33. The van der Waals surface area contributed by atoms with Gasteiger partial charge in [-0.05, 0) is 51.5 Å². The predicted molar refractivity (Wildman–Crippen MR) is 201 cm³/mol. The lowest BCUT2D eigenvalue weighted by molar-refractivity contribution is -0.142. The van der Waals surface area contributed by atoms with Gasteiger partial charge in [-0.3, -0.25) is 48.1 Å². The van der Waals surface area contributed by atoms with Crippen molar-refractivity contribution in [3.63, 3.8) is 0 Å². The first-order valence-corrected chi connectivity index (χ1v) is 17.8. The zero-order valence-corrected chi connectivity index (χ0v) is 31.6. The number of aliphatic hydroxyl groups excluding tert-OH is 1. The van der Waals surface area contributed by atoms with Gasteiger partial charge in [-0.1, -0.05) is 30.3 Å². The van der Waals surface area contributed by atoms with Crippen LogP contribution < -0.4 is 54.8 Å². The summed E-state index contributed by atoms with van der Waals surface area (Å²) in [5.74, 6) is -9.53. The summed E-state index contributed by atoms with van der Waals surface area (Å²) in [5.41, 5.74) is 22.7. The molecule has 1 aromatic rings. The minimum Gasteiger partial charge on any atom is -0.481 e. The molecule has 23 heteroatoms. The minimum atomic E-state index is -1.73.